The minimum absolute atomic E-state index is 0.0585. The van der Waals surface area contributed by atoms with Crippen molar-refractivity contribution in [3.05, 3.63) is 39.9 Å². The lowest BCUT2D eigenvalue weighted by Crippen LogP contribution is -2.30. The van der Waals surface area contributed by atoms with E-state index in [9.17, 15) is 23.6 Å². The van der Waals surface area contributed by atoms with E-state index in [4.69, 9.17) is 0 Å². The van der Waals surface area contributed by atoms with E-state index in [2.05, 4.69) is 0 Å². The molecule has 1 heterocycles. The summed E-state index contributed by atoms with van der Waals surface area (Å²) in [4.78, 5) is 10.2. The Balaban J connectivity index is 2.23. The summed E-state index contributed by atoms with van der Waals surface area (Å²) in [6.45, 7) is 0.313. The molecular weight excluding hydrogens is 272 g/mol. The highest BCUT2D eigenvalue weighted by Crippen LogP contribution is 2.23. The first-order valence-corrected chi connectivity index (χ1v) is 7.39. The molecule has 0 saturated carbocycles. The van der Waals surface area contributed by atoms with E-state index in [-0.39, 0.29) is 24.3 Å². The number of benzene rings is 1. The number of aliphatic hydroxyl groups excluding tert-OH is 1. The van der Waals surface area contributed by atoms with Crippen molar-refractivity contribution in [1.29, 1.82) is 0 Å². The smallest absolute Gasteiger partial charge is 0.273 e. The van der Waals surface area contributed by atoms with Crippen LogP contribution in [0.5, 0.6) is 0 Å². The van der Waals surface area contributed by atoms with Gasteiger partial charge in [-0.15, -0.1) is 0 Å². The Morgan fingerprint density at radius 1 is 1.42 bits per heavy atom. The van der Waals surface area contributed by atoms with Gasteiger partial charge in [0.15, 0.2) is 0 Å². The molecule has 7 nitrogen and oxygen atoms in total. The zero-order valence-electron chi connectivity index (χ0n) is 10.1. The van der Waals surface area contributed by atoms with Crippen LogP contribution >= 0.6 is 0 Å². The molecule has 1 saturated heterocycles. The molecule has 1 aliphatic heterocycles. The Morgan fingerprint density at radius 3 is 2.68 bits per heavy atom. The number of rotatable bonds is 4. The Hall–Kier alpha value is -1.51. The van der Waals surface area contributed by atoms with Gasteiger partial charge in [-0.3, -0.25) is 10.1 Å². The number of nitro benzene ring substituents is 1. The van der Waals surface area contributed by atoms with Crippen LogP contribution in [-0.4, -0.2) is 41.9 Å². The van der Waals surface area contributed by atoms with Gasteiger partial charge in [0, 0.05) is 24.7 Å². The van der Waals surface area contributed by atoms with Crippen LogP contribution in [0.1, 0.15) is 12.0 Å². The molecule has 8 heteroatoms. The van der Waals surface area contributed by atoms with Gasteiger partial charge in [0.1, 0.15) is 0 Å². The van der Waals surface area contributed by atoms with E-state index in [1.165, 1.54) is 22.5 Å². The van der Waals surface area contributed by atoms with Gasteiger partial charge < -0.3 is 5.11 Å². The van der Waals surface area contributed by atoms with E-state index in [0.29, 0.717) is 6.42 Å². The van der Waals surface area contributed by atoms with Crippen LogP contribution in [-0.2, 0) is 15.8 Å². The number of hydrogen-bond acceptors (Lipinski definition) is 5. The fraction of sp³-hybridized carbons (Fsp3) is 0.455. The maximum Gasteiger partial charge on any atom is 0.273 e. The van der Waals surface area contributed by atoms with E-state index < -0.39 is 26.8 Å². The lowest BCUT2D eigenvalue weighted by atomic mass is 10.2. The molecule has 0 unspecified atom stereocenters. The molecule has 0 bridgehead atoms. The third-order valence-corrected chi connectivity index (χ3v) is 4.84. The Morgan fingerprint density at radius 2 is 2.11 bits per heavy atom. The molecule has 1 N–H and O–H groups in total. The van der Waals surface area contributed by atoms with Crippen LogP contribution in [0.15, 0.2) is 24.3 Å². The van der Waals surface area contributed by atoms with Crippen molar-refractivity contribution in [3.8, 4) is 0 Å². The topological polar surface area (TPSA) is 101 Å². The van der Waals surface area contributed by atoms with Gasteiger partial charge >= 0.3 is 0 Å². The molecule has 1 fully saturated rings. The van der Waals surface area contributed by atoms with Gasteiger partial charge in [0.2, 0.25) is 10.0 Å². The number of para-hydroxylation sites is 1. The number of nitro groups is 1. The maximum absolute atomic E-state index is 12.1. The second-order valence-corrected chi connectivity index (χ2v) is 6.41. The van der Waals surface area contributed by atoms with E-state index in [1.807, 2.05) is 0 Å². The molecule has 1 aliphatic rings. The molecule has 0 radical (unpaired) electrons. The third kappa shape index (κ3) is 3.09. The first kappa shape index (κ1) is 13.9. The first-order valence-electron chi connectivity index (χ1n) is 5.78. The van der Waals surface area contributed by atoms with Gasteiger partial charge in [-0.2, -0.15) is 4.31 Å². The van der Waals surface area contributed by atoms with Crippen molar-refractivity contribution in [2.24, 2.45) is 0 Å². The normalized spacial score (nSPS) is 20.6. The Labute approximate surface area is 110 Å². The van der Waals surface area contributed by atoms with Crippen LogP contribution in [0, 0.1) is 10.1 Å². The minimum Gasteiger partial charge on any atom is -0.392 e. The summed E-state index contributed by atoms with van der Waals surface area (Å²) in [5, 5.41) is 20.2. The highest BCUT2D eigenvalue weighted by Gasteiger charge is 2.31. The number of β-amino-alcohol motifs (C(OH)–C–C–N with tert-alkyl or cyclic N) is 1. The van der Waals surface area contributed by atoms with Crippen molar-refractivity contribution in [2.45, 2.75) is 18.3 Å². The number of hydrogen-bond donors (Lipinski definition) is 1. The molecule has 19 heavy (non-hydrogen) atoms. The summed E-state index contributed by atoms with van der Waals surface area (Å²) in [5.74, 6) is -0.420. The molecule has 0 aliphatic carbocycles. The third-order valence-electron chi connectivity index (χ3n) is 3.05. The first-order chi connectivity index (χ1) is 8.90. The summed E-state index contributed by atoms with van der Waals surface area (Å²) in [6.07, 6.45) is -0.253. The molecular formula is C11H14N2O5S. The van der Waals surface area contributed by atoms with E-state index >= 15 is 0 Å². The number of aliphatic hydroxyl groups is 1. The molecule has 0 aromatic heterocycles. The van der Waals surface area contributed by atoms with Gasteiger partial charge in [0.25, 0.3) is 5.69 Å². The van der Waals surface area contributed by atoms with Gasteiger partial charge in [-0.1, -0.05) is 18.2 Å². The fourth-order valence-corrected chi connectivity index (χ4v) is 3.66. The van der Waals surface area contributed by atoms with Gasteiger partial charge in [0.05, 0.1) is 16.8 Å². The molecule has 1 aromatic rings. The monoisotopic (exact) mass is 286 g/mol. The highest BCUT2D eigenvalue weighted by molar-refractivity contribution is 7.88. The zero-order valence-corrected chi connectivity index (χ0v) is 10.9. The van der Waals surface area contributed by atoms with Gasteiger partial charge in [-0.05, 0) is 6.42 Å². The standard InChI is InChI=1S/C11H14N2O5S/c14-10-5-6-12(7-10)19(17,18)8-9-3-1-2-4-11(9)13(15)16/h1-4,10,14H,5-8H2/t10-/m0/s1. The highest BCUT2D eigenvalue weighted by atomic mass is 32.2. The van der Waals surface area contributed by atoms with Crippen molar-refractivity contribution >= 4 is 15.7 Å². The lowest BCUT2D eigenvalue weighted by Gasteiger charge is -2.15. The SMILES string of the molecule is O=[N+]([O-])c1ccccc1CS(=O)(=O)N1CC[C@H](O)C1. The lowest BCUT2D eigenvalue weighted by molar-refractivity contribution is -0.385. The van der Waals surface area contributed by atoms with Crippen LogP contribution in [0.2, 0.25) is 0 Å². The van der Waals surface area contributed by atoms with Crippen molar-refractivity contribution in [3.63, 3.8) is 0 Å². The summed E-state index contributed by atoms with van der Waals surface area (Å²) >= 11 is 0. The quantitative estimate of drug-likeness (QED) is 0.641. The molecule has 104 valence electrons. The van der Waals surface area contributed by atoms with E-state index in [0.717, 1.165) is 0 Å². The summed E-state index contributed by atoms with van der Waals surface area (Å²) in [6, 6.07) is 5.77. The molecule has 0 amide bonds. The van der Waals surface area contributed by atoms with Crippen LogP contribution in [0.4, 0.5) is 5.69 Å². The zero-order chi connectivity index (χ0) is 14.0. The predicted octanol–water partition coefficient (Wildman–Crippen LogP) is 0.491. The summed E-state index contributed by atoms with van der Waals surface area (Å²) in [5.41, 5.74) is -0.0419. The predicted molar refractivity (Wildman–Crippen MR) is 67.9 cm³/mol. The van der Waals surface area contributed by atoms with Crippen molar-refractivity contribution in [2.75, 3.05) is 13.1 Å². The fourth-order valence-electron chi connectivity index (χ4n) is 2.06. The summed E-state index contributed by atoms with van der Waals surface area (Å²) in [7, 11) is -3.63. The van der Waals surface area contributed by atoms with Crippen LogP contribution < -0.4 is 0 Å². The Bertz CT molecular complexity index is 587. The number of nitrogens with zero attached hydrogens (tertiary/aromatic N) is 2. The molecule has 1 atom stereocenters. The second kappa shape index (κ2) is 5.24. The van der Waals surface area contributed by atoms with Crippen LogP contribution in [0.3, 0.4) is 0 Å². The summed E-state index contributed by atoms with van der Waals surface area (Å²) < 4.78 is 25.4. The van der Waals surface area contributed by atoms with Crippen molar-refractivity contribution < 1.29 is 18.4 Å². The van der Waals surface area contributed by atoms with Crippen molar-refractivity contribution in [1.82, 2.24) is 4.31 Å². The maximum atomic E-state index is 12.1. The second-order valence-electron chi connectivity index (χ2n) is 4.44. The minimum atomic E-state index is -3.63. The molecule has 0 spiro atoms. The Kier molecular flexibility index (Phi) is 3.83. The average Bonchev–Trinajstić information content (AvgIpc) is 2.76. The van der Waals surface area contributed by atoms with E-state index in [1.54, 1.807) is 6.07 Å². The molecule has 1 aromatic carbocycles. The largest absolute Gasteiger partial charge is 0.392 e. The average molecular weight is 286 g/mol. The van der Waals surface area contributed by atoms with Gasteiger partial charge in [-0.25, -0.2) is 8.42 Å². The molecule has 2 rings (SSSR count). The number of sulfonamides is 1. The van der Waals surface area contributed by atoms with Crippen LogP contribution in [0.25, 0.3) is 0 Å².